The number of carbonyl (C=O) groups is 2. The third-order valence-electron chi connectivity index (χ3n) is 9.17. The molecule has 12 nitrogen and oxygen atoms in total. The van der Waals surface area contributed by atoms with E-state index in [9.17, 15) is 9.59 Å². The molecule has 2 atom stereocenters. The van der Waals surface area contributed by atoms with E-state index >= 15 is 0 Å². The molecule has 6 heterocycles. The van der Waals surface area contributed by atoms with Gasteiger partial charge in [0.25, 0.3) is 0 Å². The number of nitrogens with zero attached hydrogens (tertiary/aromatic N) is 9. The maximum atomic E-state index is 13.3. The molecule has 40 heavy (non-hydrogen) atoms. The van der Waals surface area contributed by atoms with Crippen LogP contribution < -0.4 is 10.2 Å². The van der Waals surface area contributed by atoms with E-state index in [1.807, 2.05) is 23.4 Å². The molecule has 1 N–H and O–H groups in total. The average molecular weight is 547 g/mol. The summed E-state index contributed by atoms with van der Waals surface area (Å²) in [5, 5.41) is 12.3. The molecule has 4 aliphatic rings. The molecule has 2 bridgehead atoms. The minimum absolute atomic E-state index is 0.0808. The minimum atomic E-state index is 0.0808. The van der Waals surface area contributed by atoms with Gasteiger partial charge in [-0.1, -0.05) is 12.8 Å². The van der Waals surface area contributed by atoms with Gasteiger partial charge in [-0.2, -0.15) is 10.1 Å². The molecule has 2 amide bonds. The molecule has 3 saturated heterocycles. The third-order valence-corrected chi connectivity index (χ3v) is 9.17. The van der Waals surface area contributed by atoms with Crippen molar-refractivity contribution in [3.63, 3.8) is 0 Å². The van der Waals surface area contributed by atoms with Crippen molar-refractivity contribution in [2.24, 2.45) is 5.92 Å². The summed E-state index contributed by atoms with van der Waals surface area (Å²) in [5.74, 6) is 1.19. The van der Waals surface area contributed by atoms with Crippen LogP contribution in [0.1, 0.15) is 38.5 Å². The second-order valence-corrected chi connectivity index (χ2v) is 11.8. The number of fused-ring (bicyclic) bond motifs is 3. The van der Waals surface area contributed by atoms with Crippen LogP contribution >= 0.6 is 0 Å². The zero-order valence-corrected chi connectivity index (χ0v) is 23.2. The lowest BCUT2D eigenvalue weighted by atomic mass is 10.0. The highest BCUT2D eigenvalue weighted by Gasteiger charge is 2.45. The van der Waals surface area contributed by atoms with Gasteiger partial charge in [0.2, 0.25) is 17.8 Å². The van der Waals surface area contributed by atoms with Crippen LogP contribution in [0, 0.1) is 5.92 Å². The second-order valence-electron chi connectivity index (χ2n) is 11.8. The Hall–Kier alpha value is -3.67. The number of pyridine rings is 1. The predicted octanol–water partition coefficient (Wildman–Crippen LogP) is 1.81. The summed E-state index contributed by atoms with van der Waals surface area (Å²) in [7, 11) is 2.08. The van der Waals surface area contributed by atoms with Gasteiger partial charge in [-0.25, -0.2) is 4.52 Å². The number of nitrogens with one attached hydrogen (secondary N) is 1. The zero-order valence-electron chi connectivity index (χ0n) is 23.2. The molecular weight excluding hydrogens is 508 g/mol. The standard InChI is InChI=1S/C28H38N10O2/c1-33-11-13-34(14-12-33)25(39)19-36-16-21(15-29-36)30-28-31-26-24(7-4-10-37(26)32-28)35-17-22-8-9-23(18-35)38(22)27(40)20-5-2-3-6-20/h4,7,10,15-16,20,22-23H,2-3,5-6,8-9,11-14,17-19H2,1H3,(H,30,32). The van der Waals surface area contributed by atoms with E-state index in [0.29, 0.717) is 11.9 Å². The minimum Gasteiger partial charge on any atom is -0.364 e. The number of hydrogen-bond acceptors (Lipinski definition) is 8. The zero-order chi connectivity index (χ0) is 27.2. The molecule has 4 fully saturated rings. The average Bonchev–Trinajstić information content (AvgIpc) is 3.76. The summed E-state index contributed by atoms with van der Waals surface area (Å²) in [6, 6.07) is 4.64. The molecule has 3 aliphatic heterocycles. The van der Waals surface area contributed by atoms with Gasteiger partial charge in [-0.3, -0.25) is 14.3 Å². The van der Waals surface area contributed by atoms with Crippen LogP contribution in [0.3, 0.4) is 0 Å². The van der Waals surface area contributed by atoms with E-state index in [1.54, 1.807) is 15.4 Å². The molecule has 0 aromatic carbocycles. The van der Waals surface area contributed by atoms with Crippen molar-refractivity contribution in [2.75, 3.05) is 56.5 Å². The molecule has 3 aromatic rings. The van der Waals surface area contributed by atoms with Gasteiger partial charge >= 0.3 is 0 Å². The first-order chi connectivity index (χ1) is 19.5. The lowest BCUT2D eigenvalue weighted by Gasteiger charge is -2.43. The topological polar surface area (TPSA) is 107 Å². The Morgan fingerprint density at radius 3 is 2.52 bits per heavy atom. The Morgan fingerprint density at radius 2 is 1.77 bits per heavy atom. The molecule has 1 aliphatic carbocycles. The van der Waals surface area contributed by atoms with Crippen molar-refractivity contribution < 1.29 is 9.59 Å². The summed E-state index contributed by atoms with van der Waals surface area (Å²) in [4.78, 5) is 39.6. The number of likely N-dealkylation sites (N-methyl/N-ethyl adjacent to an activating group) is 1. The van der Waals surface area contributed by atoms with Crippen LogP contribution in [0.5, 0.6) is 0 Å². The SMILES string of the molecule is CN1CCN(C(=O)Cn2cc(Nc3nc4c(N5CC6CCC(C5)N6C(=O)C5CCCC5)cccn4n3)cn2)CC1. The van der Waals surface area contributed by atoms with E-state index < -0.39 is 0 Å². The molecule has 2 unspecified atom stereocenters. The fraction of sp³-hybridized carbons (Fsp3) is 0.607. The van der Waals surface area contributed by atoms with E-state index in [0.717, 1.165) is 82.0 Å². The van der Waals surface area contributed by atoms with Crippen molar-refractivity contribution in [3.05, 3.63) is 30.7 Å². The maximum Gasteiger partial charge on any atom is 0.247 e. The summed E-state index contributed by atoms with van der Waals surface area (Å²) < 4.78 is 3.46. The third kappa shape index (κ3) is 4.78. The highest BCUT2D eigenvalue weighted by molar-refractivity contribution is 5.81. The molecule has 3 aromatic heterocycles. The molecule has 1 saturated carbocycles. The van der Waals surface area contributed by atoms with Crippen molar-refractivity contribution in [3.8, 4) is 0 Å². The van der Waals surface area contributed by atoms with Gasteiger partial charge in [-0.05, 0) is 44.9 Å². The largest absolute Gasteiger partial charge is 0.364 e. The lowest BCUT2D eigenvalue weighted by molar-refractivity contribution is -0.138. The smallest absolute Gasteiger partial charge is 0.247 e. The van der Waals surface area contributed by atoms with E-state index in [1.165, 1.54) is 12.8 Å². The second kappa shape index (κ2) is 10.4. The first kappa shape index (κ1) is 25.3. The maximum absolute atomic E-state index is 13.3. The number of hydrogen-bond donors (Lipinski definition) is 1. The first-order valence-corrected chi connectivity index (χ1v) is 14.7. The quantitative estimate of drug-likeness (QED) is 0.499. The van der Waals surface area contributed by atoms with Gasteiger partial charge in [-0.15, -0.1) is 5.10 Å². The van der Waals surface area contributed by atoms with Gasteiger partial charge < -0.3 is 24.9 Å². The summed E-state index contributed by atoms with van der Waals surface area (Å²) in [6.07, 6.45) is 12.0. The number of piperazine rings is 2. The highest BCUT2D eigenvalue weighted by Crippen LogP contribution is 2.37. The number of aromatic nitrogens is 5. The van der Waals surface area contributed by atoms with Gasteiger partial charge in [0, 0.05) is 69.7 Å². The van der Waals surface area contributed by atoms with Crippen LogP contribution in [0.25, 0.3) is 5.65 Å². The van der Waals surface area contributed by atoms with Crippen molar-refractivity contribution in [1.82, 2.24) is 39.1 Å². The molecule has 12 heteroatoms. The molecule has 0 radical (unpaired) electrons. The van der Waals surface area contributed by atoms with Crippen LogP contribution in [0.4, 0.5) is 17.3 Å². The van der Waals surface area contributed by atoms with Crippen LogP contribution in [0.15, 0.2) is 30.7 Å². The fourth-order valence-electron chi connectivity index (χ4n) is 6.97. The normalized spacial score (nSPS) is 23.9. The molecule has 212 valence electrons. The summed E-state index contributed by atoms with van der Waals surface area (Å²) >= 11 is 0. The van der Waals surface area contributed by atoms with E-state index in [-0.39, 0.29) is 30.5 Å². The van der Waals surface area contributed by atoms with E-state index in [4.69, 9.17) is 4.98 Å². The van der Waals surface area contributed by atoms with Gasteiger partial charge in [0.15, 0.2) is 5.65 Å². The number of rotatable bonds is 6. The van der Waals surface area contributed by atoms with Gasteiger partial charge in [0.1, 0.15) is 6.54 Å². The monoisotopic (exact) mass is 546 g/mol. The Morgan fingerprint density at radius 1 is 1.02 bits per heavy atom. The Bertz CT molecular complexity index is 1370. The molecule has 0 spiro atoms. The summed E-state index contributed by atoms with van der Waals surface area (Å²) in [6.45, 7) is 5.18. The van der Waals surface area contributed by atoms with Crippen molar-refractivity contribution in [1.29, 1.82) is 0 Å². The predicted molar refractivity (Wildman–Crippen MR) is 150 cm³/mol. The van der Waals surface area contributed by atoms with Crippen molar-refractivity contribution in [2.45, 2.75) is 57.2 Å². The Balaban J connectivity index is 1.03. The Kier molecular flexibility index (Phi) is 6.57. The number of amides is 2. The van der Waals surface area contributed by atoms with Gasteiger partial charge in [0.05, 0.1) is 17.6 Å². The van der Waals surface area contributed by atoms with E-state index in [2.05, 4.69) is 43.3 Å². The fourth-order valence-corrected chi connectivity index (χ4v) is 6.97. The highest BCUT2D eigenvalue weighted by atomic mass is 16.2. The Labute approximate surface area is 233 Å². The first-order valence-electron chi connectivity index (χ1n) is 14.7. The van der Waals surface area contributed by atoms with Crippen LogP contribution in [-0.2, 0) is 16.1 Å². The molecule has 7 rings (SSSR count). The number of carbonyl (C=O) groups excluding carboxylic acids is 2. The summed E-state index contributed by atoms with van der Waals surface area (Å²) in [5.41, 5.74) is 2.57. The number of anilines is 3. The van der Waals surface area contributed by atoms with Crippen LogP contribution in [0.2, 0.25) is 0 Å². The molecular formula is C28H38N10O2. The van der Waals surface area contributed by atoms with Crippen LogP contribution in [-0.4, -0.2) is 109 Å². The van der Waals surface area contributed by atoms with Crippen molar-refractivity contribution >= 4 is 34.8 Å². The lowest BCUT2D eigenvalue weighted by Crippen LogP contribution is -2.57.